The van der Waals surface area contributed by atoms with Crippen LogP contribution in [0.25, 0.3) is 0 Å². The molecule has 0 saturated carbocycles. The zero-order chi connectivity index (χ0) is 16.7. The largest absolute Gasteiger partial charge is 0.371 e. The fraction of sp³-hybridized carbons (Fsp3) is 0.650. The molecule has 130 valence electrons. The monoisotopic (exact) mass is 327 g/mol. The minimum Gasteiger partial charge on any atom is -0.371 e. The Hall–Kier alpha value is -1.55. The molecule has 0 spiro atoms. The van der Waals surface area contributed by atoms with E-state index in [1.54, 1.807) is 0 Å². The van der Waals surface area contributed by atoms with E-state index in [0.29, 0.717) is 24.5 Å². The van der Waals surface area contributed by atoms with Crippen LogP contribution in [0.3, 0.4) is 0 Å². The fourth-order valence-corrected chi connectivity index (χ4v) is 5.07. The number of nitrogens with one attached hydrogen (secondary N) is 1. The lowest BCUT2D eigenvalue weighted by atomic mass is 9.99. The standard InChI is InChI=1S/C20H29N3O/c1-14-9-15(2)11-19(10-14)22-7-5-16(6-8-22)23-17-3-4-18(23)13-21-20(24)12-17/h9-11,16-18H,3-8,12-13H2,1-2H3,(H,21,24)/t17-,18+/m0/s1. The van der Waals surface area contributed by atoms with Crippen LogP contribution in [-0.2, 0) is 4.79 Å². The lowest BCUT2D eigenvalue weighted by Gasteiger charge is -2.42. The van der Waals surface area contributed by atoms with Crippen LogP contribution >= 0.6 is 0 Å². The number of hydrogen-bond acceptors (Lipinski definition) is 3. The molecule has 0 unspecified atom stereocenters. The highest BCUT2D eigenvalue weighted by atomic mass is 16.1. The summed E-state index contributed by atoms with van der Waals surface area (Å²) < 4.78 is 0. The van der Waals surface area contributed by atoms with Crippen molar-refractivity contribution in [2.24, 2.45) is 0 Å². The maximum Gasteiger partial charge on any atom is 0.221 e. The predicted molar refractivity (Wildman–Crippen MR) is 97.4 cm³/mol. The number of nitrogens with zero attached hydrogens (tertiary/aromatic N) is 2. The van der Waals surface area contributed by atoms with Crippen molar-refractivity contribution in [1.82, 2.24) is 10.2 Å². The van der Waals surface area contributed by atoms with Crippen molar-refractivity contribution in [2.75, 3.05) is 24.5 Å². The molecule has 1 aromatic rings. The zero-order valence-corrected chi connectivity index (χ0v) is 14.9. The van der Waals surface area contributed by atoms with Gasteiger partial charge in [0.1, 0.15) is 0 Å². The van der Waals surface area contributed by atoms with Gasteiger partial charge in [-0.1, -0.05) is 6.07 Å². The van der Waals surface area contributed by atoms with E-state index in [2.05, 4.69) is 47.2 Å². The summed E-state index contributed by atoms with van der Waals surface area (Å²) in [6.07, 6.45) is 5.59. The van der Waals surface area contributed by atoms with E-state index in [9.17, 15) is 4.79 Å². The van der Waals surface area contributed by atoms with Crippen molar-refractivity contribution in [3.8, 4) is 0 Å². The van der Waals surface area contributed by atoms with E-state index in [-0.39, 0.29) is 5.91 Å². The Morgan fingerprint density at radius 2 is 1.58 bits per heavy atom. The summed E-state index contributed by atoms with van der Waals surface area (Å²) >= 11 is 0. The van der Waals surface area contributed by atoms with Gasteiger partial charge in [-0.15, -0.1) is 0 Å². The molecule has 1 amide bonds. The maximum absolute atomic E-state index is 11.9. The minimum atomic E-state index is 0.250. The van der Waals surface area contributed by atoms with E-state index in [4.69, 9.17) is 0 Å². The molecule has 3 aliphatic heterocycles. The SMILES string of the molecule is Cc1cc(C)cc(N2CCC(N3[C@@H]4CC[C@H]3CC(=O)NC4)CC2)c1. The average molecular weight is 327 g/mol. The van der Waals surface area contributed by atoms with Gasteiger partial charge in [-0.05, 0) is 62.8 Å². The molecule has 1 aromatic carbocycles. The molecule has 0 aliphatic carbocycles. The van der Waals surface area contributed by atoms with Crippen LogP contribution in [-0.4, -0.2) is 48.6 Å². The van der Waals surface area contributed by atoms with Crippen molar-refractivity contribution in [2.45, 2.75) is 64.1 Å². The van der Waals surface area contributed by atoms with Crippen LogP contribution in [0.15, 0.2) is 18.2 Å². The Morgan fingerprint density at radius 3 is 2.29 bits per heavy atom. The third-order valence-electron chi connectivity index (χ3n) is 6.09. The molecule has 4 heteroatoms. The van der Waals surface area contributed by atoms with Crippen LogP contribution in [0, 0.1) is 13.8 Å². The topological polar surface area (TPSA) is 35.6 Å². The van der Waals surface area contributed by atoms with Crippen molar-refractivity contribution in [3.63, 3.8) is 0 Å². The molecular weight excluding hydrogens is 298 g/mol. The molecule has 3 fully saturated rings. The first-order valence-electron chi connectivity index (χ1n) is 9.47. The Balaban J connectivity index is 1.43. The molecular formula is C20H29N3O. The van der Waals surface area contributed by atoms with Crippen LogP contribution in [0.5, 0.6) is 0 Å². The van der Waals surface area contributed by atoms with Crippen LogP contribution in [0.2, 0.25) is 0 Å². The molecule has 0 aromatic heterocycles. The van der Waals surface area contributed by atoms with E-state index in [1.165, 1.54) is 42.5 Å². The Kier molecular flexibility index (Phi) is 4.25. The zero-order valence-electron chi connectivity index (χ0n) is 14.9. The summed E-state index contributed by atoms with van der Waals surface area (Å²) in [5.74, 6) is 0.250. The summed E-state index contributed by atoms with van der Waals surface area (Å²) in [5.41, 5.74) is 4.08. The average Bonchev–Trinajstić information content (AvgIpc) is 2.86. The molecule has 4 rings (SSSR count). The fourth-order valence-electron chi connectivity index (χ4n) is 5.07. The Labute approximate surface area is 145 Å². The third-order valence-corrected chi connectivity index (χ3v) is 6.09. The molecule has 1 N–H and O–H groups in total. The van der Waals surface area contributed by atoms with Gasteiger partial charge in [0.15, 0.2) is 0 Å². The molecule has 3 heterocycles. The van der Waals surface area contributed by atoms with Crippen molar-refractivity contribution < 1.29 is 4.79 Å². The highest BCUT2D eigenvalue weighted by Crippen LogP contribution is 2.34. The van der Waals surface area contributed by atoms with Crippen molar-refractivity contribution in [3.05, 3.63) is 29.3 Å². The number of fused-ring (bicyclic) bond motifs is 2. The van der Waals surface area contributed by atoms with E-state index in [0.717, 1.165) is 19.6 Å². The highest BCUT2D eigenvalue weighted by Gasteiger charge is 2.41. The van der Waals surface area contributed by atoms with Crippen LogP contribution in [0.4, 0.5) is 5.69 Å². The molecule has 24 heavy (non-hydrogen) atoms. The highest BCUT2D eigenvalue weighted by molar-refractivity contribution is 5.77. The smallest absolute Gasteiger partial charge is 0.221 e. The number of benzene rings is 1. The molecule has 0 radical (unpaired) electrons. The molecule has 2 atom stereocenters. The Bertz CT molecular complexity index is 601. The first kappa shape index (κ1) is 15.9. The third kappa shape index (κ3) is 3.04. The predicted octanol–water partition coefficient (Wildman–Crippen LogP) is 2.63. The summed E-state index contributed by atoms with van der Waals surface area (Å²) in [6, 6.07) is 8.57. The summed E-state index contributed by atoms with van der Waals surface area (Å²) in [7, 11) is 0. The summed E-state index contributed by atoms with van der Waals surface area (Å²) in [5, 5.41) is 3.10. The lowest BCUT2D eigenvalue weighted by Crippen LogP contribution is -2.50. The molecule has 3 aliphatic rings. The number of hydrogen-bond donors (Lipinski definition) is 1. The van der Waals surface area contributed by atoms with Gasteiger partial charge in [-0.3, -0.25) is 9.69 Å². The molecule has 4 nitrogen and oxygen atoms in total. The summed E-state index contributed by atoms with van der Waals surface area (Å²) in [6.45, 7) is 7.48. The first-order chi connectivity index (χ1) is 11.6. The number of aryl methyl sites for hydroxylation is 2. The second kappa shape index (κ2) is 6.40. The number of piperidine rings is 1. The maximum atomic E-state index is 11.9. The van der Waals surface area contributed by atoms with Crippen LogP contribution in [0.1, 0.15) is 43.2 Å². The number of amides is 1. The molecule has 3 saturated heterocycles. The molecule has 2 bridgehead atoms. The van der Waals surface area contributed by atoms with E-state index >= 15 is 0 Å². The van der Waals surface area contributed by atoms with E-state index < -0.39 is 0 Å². The van der Waals surface area contributed by atoms with Crippen molar-refractivity contribution >= 4 is 11.6 Å². The van der Waals surface area contributed by atoms with Crippen molar-refractivity contribution in [1.29, 1.82) is 0 Å². The van der Waals surface area contributed by atoms with Gasteiger partial charge in [0, 0.05) is 49.9 Å². The number of rotatable bonds is 2. The van der Waals surface area contributed by atoms with Gasteiger partial charge in [-0.2, -0.15) is 0 Å². The number of anilines is 1. The van der Waals surface area contributed by atoms with Gasteiger partial charge < -0.3 is 10.2 Å². The van der Waals surface area contributed by atoms with Gasteiger partial charge in [-0.25, -0.2) is 0 Å². The summed E-state index contributed by atoms with van der Waals surface area (Å²) in [4.78, 5) is 17.1. The van der Waals surface area contributed by atoms with Gasteiger partial charge in [0.05, 0.1) is 0 Å². The minimum absolute atomic E-state index is 0.250. The second-order valence-corrected chi connectivity index (χ2v) is 7.90. The second-order valence-electron chi connectivity index (χ2n) is 7.90. The van der Waals surface area contributed by atoms with E-state index in [1.807, 2.05) is 0 Å². The normalized spacial score (nSPS) is 28.8. The lowest BCUT2D eigenvalue weighted by molar-refractivity contribution is -0.121. The Morgan fingerprint density at radius 1 is 0.917 bits per heavy atom. The number of carbonyl (C=O) groups excluding carboxylic acids is 1. The number of carbonyl (C=O) groups is 1. The van der Waals surface area contributed by atoms with Gasteiger partial charge >= 0.3 is 0 Å². The first-order valence-corrected chi connectivity index (χ1v) is 9.47. The quantitative estimate of drug-likeness (QED) is 0.907. The van der Waals surface area contributed by atoms with Gasteiger partial charge in [0.25, 0.3) is 0 Å². The van der Waals surface area contributed by atoms with Gasteiger partial charge in [0.2, 0.25) is 5.91 Å². The van der Waals surface area contributed by atoms with Crippen LogP contribution < -0.4 is 10.2 Å².